The lowest BCUT2D eigenvalue weighted by Gasteiger charge is -2.59. The van der Waals surface area contributed by atoms with Crippen LogP contribution in [-0.2, 0) is 16.0 Å². The van der Waals surface area contributed by atoms with Gasteiger partial charge in [0.2, 0.25) is 0 Å². The number of hydrogen-bond donors (Lipinski definition) is 1. The van der Waals surface area contributed by atoms with Crippen molar-refractivity contribution in [2.45, 2.75) is 84.8 Å². The molecule has 4 heteroatoms. The molecule has 0 bridgehead atoms. The number of phenolic OH excluding ortho intramolecular Hbond substituents is 1. The summed E-state index contributed by atoms with van der Waals surface area (Å²) in [5, 5.41) is 10.1. The summed E-state index contributed by atoms with van der Waals surface area (Å²) in [7, 11) is 1.65. The van der Waals surface area contributed by atoms with Crippen molar-refractivity contribution in [3.8, 4) is 11.5 Å². The zero-order valence-corrected chi connectivity index (χ0v) is 20.7. The van der Waals surface area contributed by atoms with E-state index in [1.165, 1.54) is 0 Å². The molecule has 0 radical (unpaired) electrons. The fraction of sp³-hybridized carbons (Fsp3) is 0.607. The Labute approximate surface area is 192 Å². The van der Waals surface area contributed by atoms with Crippen LogP contribution in [0.4, 0.5) is 0 Å². The lowest BCUT2D eigenvalue weighted by molar-refractivity contribution is -0.207. The average Bonchev–Trinajstić information content (AvgIpc) is 3.17. The second-order valence-corrected chi connectivity index (χ2v) is 11.3. The van der Waals surface area contributed by atoms with Crippen LogP contribution in [0.1, 0.15) is 71.4 Å². The first-order valence-corrected chi connectivity index (χ1v) is 11.8. The number of carbonyl (C=O) groups is 1. The molecule has 0 amide bonds. The Morgan fingerprint density at radius 3 is 2.56 bits per heavy atom. The minimum atomic E-state index is -0.628. The molecule has 4 unspecified atom stereocenters. The smallest absolute Gasteiger partial charge is 0.143 e. The molecule has 4 atom stereocenters. The number of aromatic hydroxyl groups is 1. The molecule has 2 fully saturated rings. The molecule has 1 spiro atoms. The van der Waals surface area contributed by atoms with Gasteiger partial charge in [-0.1, -0.05) is 44.1 Å². The second kappa shape index (κ2) is 7.48. The van der Waals surface area contributed by atoms with Crippen molar-refractivity contribution in [2.75, 3.05) is 7.11 Å². The maximum atomic E-state index is 13.7. The zero-order valence-electron chi connectivity index (χ0n) is 20.7. The van der Waals surface area contributed by atoms with Gasteiger partial charge in [0.25, 0.3) is 0 Å². The third-order valence-electron chi connectivity index (χ3n) is 8.72. The molecule has 2 aliphatic carbocycles. The SMILES string of the molecule is COc1c(C)cc(O)cc1CC=C(C)C1C(=O)CC2(C)CCCC2(C)C12C=CC(C)(C)O2. The van der Waals surface area contributed by atoms with Gasteiger partial charge >= 0.3 is 0 Å². The zero-order chi connectivity index (χ0) is 23.5. The average molecular weight is 439 g/mol. The highest BCUT2D eigenvalue weighted by atomic mass is 16.5. The molecular formula is C28H38O4. The van der Waals surface area contributed by atoms with Crippen LogP contribution >= 0.6 is 0 Å². The van der Waals surface area contributed by atoms with Crippen LogP contribution in [0.3, 0.4) is 0 Å². The molecule has 1 aromatic rings. The first kappa shape index (κ1) is 23.1. The summed E-state index contributed by atoms with van der Waals surface area (Å²) in [6, 6.07) is 3.46. The molecule has 1 aromatic carbocycles. The van der Waals surface area contributed by atoms with E-state index in [-0.39, 0.29) is 28.3 Å². The van der Waals surface area contributed by atoms with E-state index in [0.29, 0.717) is 12.8 Å². The van der Waals surface area contributed by atoms with E-state index in [2.05, 4.69) is 52.8 Å². The predicted molar refractivity (Wildman–Crippen MR) is 127 cm³/mol. The number of methoxy groups -OCH3 is 1. The number of rotatable bonds is 4. The molecule has 4 rings (SSSR count). The Morgan fingerprint density at radius 2 is 1.94 bits per heavy atom. The van der Waals surface area contributed by atoms with Gasteiger partial charge in [-0.15, -0.1) is 0 Å². The Hall–Kier alpha value is -2.07. The van der Waals surface area contributed by atoms with Crippen molar-refractivity contribution in [3.05, 3.63) is 47.1 Å². The van der Waals surface area contributed by atoms with Crippen LogP contribution in [0, 0.1) is 23.7 Å². The van der Waals surface area contributed by atoms with Gasteiger partial charge in [-0.25, -0.2) is 0 Å². The number of carbonyl (C=O) groups excluding carboxylic acids is 1. The number of Topliss-reactive ketones (excluding diaryl/α,β-unsaturated/α-hetero) is 1. The predicted octanol–water partition coefficient (Wildman–Crippen LogP) is 6.09. The van der Waals surface area contributed by atoms with E-state index in [1.807, 2.05) is 6.92 Å². The van der Waals surface area contributed by atoms with Crippen molar-refractivity contribution < 1.29 is 19.4 Å². The monoisotopic (exact) mass is 438 g/mol. The summed E-state index contributed by atoms with van der Waals surface area (Å²) in [4.78, 5) is 13.7. The van der Waals surface area contributed by atoms with Gasteiger partial charge in [0.1, 0.15) is 22.9 Å². The molecule has 0 aromatic heterocycles. The van der Waals surface area contributed by atoms with E-state index in [9.17, 15) is 9.90 Å². The summed E-state index contributed by atoms with van der Waals surface area (Å²) in [6.45, 7) is 12.8. The summed E-state index contributed by atoms with van der Waals surface area (Å²) >= 11 is 0. The van der Waals surface area contributed by atoms with Crippen molar-refractivity contribution in [2.24, 2.45) is 16.7 Å². The molecule has 4 nitrogen and oxygen atoms in total. The van der Waals surface area contributed by atoms with E-state index >= 15 is 0 Å². The molecule has 1 heterocycles. The number of fused-ring (bicyclic) bond motifs is 2. The first-order valence-electron chi connectivity index (χ1n) is 11.8. The van der Waals surface area contributed by atoms with Gasteiger partial charge in [0.15, 0.2) is 0 Å². The van der Waals surface area contributed by atoms with Crippen molar-refractivity contribution in [3.63, 3.8) is 0 Å². The molecule has 1 aliphatic heterocycles. The Morgan fingerprint density at radius 1 is 1.22 bits per heavy atom. The van der Waals surface area contributed by atoms with Gasteiger partial charge in [0.05, 0.1) is 18.6 Å². The molecule has 1 N–H and O–H groups in total. The van der Waals surface area contributed by atoms with Crippen LogP contribution in [-0.4, -0.2) is 29.2 Å². The number of hydrogen-bond acceptors (Lipinski definition) is 4. The van der Waals surface area contributed by atoms with Crippen molar-refractivity contribution >= 4 is 5.78 Å². The molecule has 0 saturated heterocycles. The third-order valence-corrected chi connectivity index (χ3v) is 8.72. The van der Waals surface area contributed by atoms with Gasteiger partial charge in [0, 0.05) is 17.4 Å². The molecule has 2 saturated carbocycles. The fourth-order valence-corrected chi connectivity index (χ4v) is 6.94. The minimum absolute atomic E-state index is 0.0445. The topological polar surface area (TPSA) is 55.8 Å². The highest BCUT2D eigenvalue weighted by Gasteiger charge is 2.70. The molecule has 32 heavy (non-hydrogen) atoms. The van der Waals surface area contributed by atoms with E-state index in [1.54, 1.807) is 19.2 Å². The van der Waals surface area contributed by atoms with Gasteiger partial charge in [-0.2, -0.15) is 0 Å². The highest BCUT2D eigenvalue weighted by Crippen LogP contribution is 2.69. The van der Waals surface area contributed by atoms with Gasteiger partial charge < -0.3 is 14.6 Å². The Kier molecular flexibility index (Phi) is 5.40. The third kappa shape index (κ3) is 3.25. The molecule has 3 aliphatic rings. The maximum absolute atomic E-state index is 13.7. The number of benzene rings is 1. The summed E-state index contributed by atoms with van der Waals surface area (Å²) in [5.74, 6) is 0.987. The van der Waals surface area contributed by atoms with Crippen LogP contribution < -0.4 is 4.74 Å². The van der Waals surface area contributed by atoms with Gasteiger partial charge in [-0.05, 0) is 70.1 Å². The Balaban J connectivity index is 1.77. The van der Waals surface area contributed by atoms with Gasteiger partial charge in [-0.3, -0.25) is 4.79 Å². The van der Waals surface area contributed by atoms with Crippen molar-refractivity contribution in [1.29, 1.82) is 0 Å². The van der Waals surface area contributed by atoms with E-state index in [0.717, 1.165) is 41.7 Å². The fourth-order valence-electron chi connectivity index (χ4n) is 6.94. The minimum Gasteiger partial charge on any atom is -0.508 e. The standard InChI is InChI=1S/C28H38O4/c1-18(9-10-20-16-21(29)15-19(2)24(20)31-7)23-22(30)17-26(5)11-8-12-27(26,6)28(23)14-13-25(3,4)32-28/h9,13-16,23,29H,8,10-12,17H2,1-7H3. The summed E-state index contributed by atoms with van der Waals surface area (Å²) in [6.07, 6.45) is 11.0. The lowest BCUT2D eigenvalue weighted by atomic mass is 9.48. The van der Waals surface area contributed by atoms with Crippen LogP contribution in [0.5, 0.6) is 11.5 Å². The number of ketones is 1. The maximum Gasteiger partial charge on any atom is 0.143 e. The second-order valence-electron chi connectivity index (χ2n) is 11.3. The van der Waals surface area contributed by atoms with Crippen LogP contribution in [0.25, 0.3) is 0 Å². The van der Waals surface area contributed by atoms with E-state index < -0.39 is 11.2 Å². The molecular weight excluding hydrogens is 400 g/mol. The molecule has 174 valence electrons. The number of aryl methyl sites for hydroxylation is 1. The summed E-state index contributed by atoms with van der Waals surface area (Å²) < 4.78 is 12.5. The highest BCUT2D eigenvalue weighted by molar-refractivity contribution is 5.88. The largest absolute Gasteiger partial charge is 0.508 e. The van der Waals surface area contributed by atoms with E-state index in [4.69, 9.17) is 9.47 Å². The number of ether oxygens (including phenoxy) is 2. The first-order chi connectivity index (χ1) is 14.9. The Bertz CT molecular complexity index is 1000. The normalized spacial score (nSPS) is 36.0. The number of allylic oxidation sites excluding steroid dienone is 1. The van der Waals surface area contributed by atoms with Crippen molar-refractivity contribution in [1.82, 2.24) is 0 Å². The lowest BCUT2D eigenvalue weighted by Crippen LogP contribution is -2.64. The number of phenols is 1. The summed E-state index contributed by atoms with van der Waals surface area (Å²) in [5.41, 5.74) is 1.69. The quantitative estimate of drug-likeness (QED) is 0.578. The van der Waals surface area contributed by atoms with Crippen LogP contribution in [0.2, 0.25) is 0 Å². The van der Waals surface area contributed by atoms with Crippen LogP contribution in [0.15, 0.2) is 35.9 Å².